The van der Waals surface area contributed by atoms with E-state index in [1.54, 1.807) is 6.92 Å². The number of carbonyl (C=O) groups excluding carboxylic acids is 2. The molecular formula is C14H19BrN2O2. The second kappa shape index (κ2) is 7.28. The van der Waals surface area contributed by atoms with E-state index in [-0.39, 0.29) is 16.6 Å². The van der Waals surface area contributed by atoms with Crippen LogP contribution in [0.2, 0.25) is 0 Å². The molecule has 0 fully saturated rings. The van der Waals surface area contributed by atoms with Gasteiger partial charge in [-0.3, -0.25) is 9.59 Å². The summed E-state index contributed by atoms with van der Waals surface area (Å²) >= 11 is 3.31. The number of hydrogen-bond acceptors (Lipinski definition) is 2. The lowest BCUT2D eigenvalue weighted by molar-refractivity contribution is -0.116. The lowest BCUT2D eigenvalue weighted by atomic mass is 10.1. The van der Waals surface area contributed by atoms with Crippen molar-refractivity contribution in [2.75, 3.05) is 10.6 Å². The standard InChI is InChI=1S/C14H19BrN2O2/c1-4-10(15)14(19)17-12-8-6-7-11(9(12)3)16-13(18)5-2/h6-8,10H,4-5H2,1-3H3,(H,16,18)(H,17,19). The summed E-state index contributed by atoms with van der Waals surface area (Å²) in [6, 6.07) is 5.46. The zero-order chi connectivity index (χ0) is 14.4. The highest BCUT2D eigenvalue weighted by molar-refractivity contribution is 9.10. The summed E-state index contributed by atoms with van der Waals surface area (Å²) < 4.78 is 0. The zero-order valence-electron chi connectivity index (χ0n) is 11.4. The van der Waals surface area contributed by atoms with Crippen molar-refractivity contribution in [1.82, 2.24) is 0 Å². The number of halogens is 1. The average Bonchev–Trinajstić information content (AvgIpc) is 2.41. The van der Waals surface area contributed by atoms with Gasteiger partial charge >= 0.3 is 0 Å². The van der Waals surface area contributed by atoms with Crippen molar-refractivity contribution in [2.45, 2.75) is 38.4 Å². The number of nitrogens with one attached hydrogen (secondary N) is 2. The second-order valence-corrected chi connectivity index (χ2v) is 5.35. The van der Waals surface area contributed by atoms with E-state index in [0.717, 1.165) is 23.4 Å². The number of anilines is 2. The molecule has 0 saturated heterocycles. The first kappa shape index (κ1) is 15.7. The molecule has 0 aliphatic carbocycles. The minimum Gasteiger partial charge on any atom is -0.326 e. The van der Waals surface area contributed by atoms with Crippen LogP contribution >= 0.6 is 15.9 Å². The van der Waals surface area contributed by atoms with Crippen molar-refractivity contribution in [3.8, 4) is 0 Å². The van der Waals surface area contributed by atoms with Crippen LogP contribution in [0.15, 0.2) is 18.2 Å². The molecule has 1 aromatic carbocycles. The molecule has 4 nitrogen and oxygen atoms in total. The minimum absolute atomic E-state index is 0.0431. The van der Waals surface area contributed by atoms with Crippen LogP contribution in [0.3, 0.4) is 0 Å². The average molecular weight is 327 g/mol. The molecule has 0 spiro atoms. The van der Waals surface area contributed by atoms with Gasteiger partial charge in [-0.15, -0.1) is 0 Å². The largest absolute Gasteiger partial charge is 0.326 e. The molecule has 1 aromatic rings. The van der Waals surface area contributed by atoms with Gasteiger partial charge in [-0.25, -0.2) is 0 Å². The number of carbonyl (C=O) groups is 2. The number of benzene rings is 1. The summed E-state index contributed by atoms with van der Waals surface area (Å²) in [5.74, 6) is -0.122. The van der Waals surface area contributed by atoms with E-state index in [0.29, 0.717) is 6.42 Å². The van der Waals surface area contributed by atoms with Crippen LogP contribution in [-0.2, 0) is 9.59 Å². The number of rotatable bonds is 5. The molecule has 0 saturated carbocycles. The third kappa shape index (κ3) is 4.35. The molecule has 104 valence electrons. The Labute approximate surface area is 122 Å². The molecule has 1 unspecified atom stereocenters. The second-order valence-electron chi connectivity index (χ2n) is 4.24. The number of alkyl halides is 1. The van der Waals surface area contributed by atoms with Gasteiger partial charge in [0.05, 0.1) is 4.83 Å². The van der Waals surface area contributed by atoms with E-state index in [2.05, 4.69) is 26.6 Å². The molecule has 19 heavy (non-hydrogen) atoms. The molecule has 5 heteroatoms. The Hall–Kier alpha value is -1.36. The highest BCUT2D eigenvalue weighted by Gasteiger charge is 2.14. The molecule has 0 heterocycles. The fraction of sp³-hybridized carbons (Fsp3) is 0.429. The monoisotopic (exact) mass is 326 g/mol. The molecule has 2 N–H and O–H groups in total. The predicted molar refractivity (Wildman–Crippen MR) is 81.7 cm³/mol. The molecule has 0 radical (unpaired) electrons. The first-order chi connectivity index (χ1) is 8.99. The minimum atomic E-state index is -0.208. The first-order valence-electron chi connectivity index (χ1n) is 6.34. The van der Waals surface area contributed by atoms with E-state index in [9.17, 15) is 9.59 Å². The Balaban J connectivity index is 2.88. The van der Waals surface area contributed by atoms with E-state index < -0.39 is 0 Å². The van der Waals surface area contributed by atoms with E-state index in [4.69, 9.17) is 0 Å². The highest BCUT2D eigenvalue weighted by atomic mass is 79.9. The Bertz CT molecular complexity index is 475. The van der Waals surface area contributed by atoms with Gasteiger partial charge in [-0.2, -0.15) is 0 Å². The van der Waals surface area contributed by atoms with E-state index in [1.165, 1.54) is 0 Å². The van der Waals surface area contributed by atoms with Crippen LogP contribution in [0, 0.1) is 6.92 Å². The summed E-state index contributed by atoms with van der Waals surface area (Å²) in [5, 5.41) is 5.67. The van der Waals surface area contributed by atoms with Gasteiger partial charge in [-0.05, 0) is 31.0 Å². The fourth-order valence-corrected chi connectivity index (χ4v) is 1.66. The zero-order valence-corrected chi connectivity index (χ0v) is 13.0. The molecule has 0 aliphatic rings. The van der Waals surface area contributed by atoms with Crippen molar-refractivity contribution in [1.29, 1.82) is 0 Å². The van der Waals surface area contributed by atoms with Crippen molar-refractivity contribution in [2.24, 2.45) is 0 Å². The van der Waals surface area contributed by atoms with Gasteiger partial charge in [0.1, 0.15) is 0 Å². The van der Waals surface area contributed by atoms with Gasteiger partial charge in [0, 0.05) is 17.8 Å². The Morgan fingerprint density at radius 2 is 1.79 bits per heavy atom. The Kier molecular flexibility index (Phi) is 6.02. The topological polar surface area (TPSA) is 58.2 Å². The summed E-state index contributed by atoms with van der Waals surface area (Å²) in [4.78, 5) is 23.0. The van der Waals surface area contributed by atoms with Gasteiger partial charge < -0.3 is 10.6 Å². The van der Waals surface area contributed by atoms with Crippen LogP contribution in [0.25, 0.3) is 0 Å². The van der Waals surface area contributed by atoms with Crippen LogP contribution in [0.4, 0.5) is 11.4 Å². The van der Waals surface area contributed by atoms with Crippen molar-refractivity contribution < 1.29 is 9.59 Å². The van der Waals surface area contributed by atoms with Crippen LogP contribution in [-0.4, -0.2) is 16.6 Å². The molecule has 0 bridgehead atoms. The third-order valence-electron chi connectivity index (χ3n) is 2.83. The van der Waals surface area contributed by atoms with Crippen molar-refractivity contribution in [3.05, 3.63) is 23.8 Å². The molecule has 0 aromatic heterocycles. The molecular weight excluding hydrogens is 308 g/mol. The van der Waals surface area contributed by atoms with Gasteiger partial charge in [0.15, 0.2) is 0 Å². The summed E-state index contributed by atoms with van der Waals surface area (Å²) in [7, 11) is 0. The summed E-state index contributed by atoms with van der Waals surface area (Å²) in [5.41, 5.74) is 2.30. The summed E-state index contributed by atoms with van der Waals surface area (Å²) in [6.45, 7) is 5.60. The summed E-state index contributed by atoms with van der Waals surface area (Å²) in [6.07, 6.45) is 1.15. The SMILES string of the molecule is CCC(=O)Nc1cccc(NC(=O)C(Br)CC)c1C. The molecule has 0 aliphatic heterocycles. The lowest BCUT2D eigenvalue weighted by Crippen LogP contribution is -2.22. The van der Waals surface area contributed by atoms with Crippen LogP contribution < -0.4 is 10.6 Å². The maximum atomic E-state index is 11.8. The molecule has 2 amide bonds. The number of amides is 2. The Morgan fingerprint density at radius 3 is 2.32 bits per heavy atom. The predicted octanol–water partition coefficient (Wildman–Crippen LogP) is 3.46. The quantitative estimate of drug-likeness (QED) is 0.814. The van der Waals surface area contributed by atoms with Gasteiger partial charge in [-0.1, -0.05) is 35.8 Å². The van der Waals surface area contributed by atoms with Crippen LogP contribution in [0.1, 0.15) is 32.3 Å². The van der Waals surface area contributed by atoms with E-state index >= 15 is 0 Å². The van der Waals surface area contributed by atoms with Crippen molar-refractivity contribution >= 4 is 39.1 Å². The van der Waals surface area contributed by atoms with Crippen molar-refractivity contribution in [3.63, 3.8) is 0 Å². The smallest absolute Gasteiger partial charge is 0.238 e. The lowest BCUT2D eigenvalue weighted by Gasteiger charge is -2.14. The number of hydrogen-bond donors (Lipinski definition) is 2. The normalized spacial score (nSPS) is 11.8. The van der Waals surface area contributed by atoms with Gasteiger partial charge in [0.25, 0.3) is 0 Å². The fourth-order valence-electron chi connectivity index (χ4n) is 1.54. The van der Waals surface area contributed by atoms with Crippen LogP contribution in [0.5, 0.6) is 0 Å². The Morgan fingerprint density at radius 1 is 1.21 bits per heavy atom. The first-order valence-corrected chi connectivity index (χ1v) is 7.25. The third-order valence-corrected chi connectivity index (χ3v) is 3.89. The molecule has 1 rings (SSSR count). The van der Waals surface area contributed by atoms with Gasteiger partial charge in [0.2, 0.25) is 11.8 Å². The maximum Gasteiger partial charge on any atom is 0.238 e. The van der Waals surface area contributed by atoms with E-state index in [1.807, 2.05) is 32.0 Å². The highest BCUT2D eigenvalue weighted by Crippen LogP contribution is 2.24. The molecule has 1 atom stereocenters. The maximum absolute atomic E-state index is 11.8.